The number of Topliss-reactive ketones (excluding diaryl/α,β-unsaturated/α-hetero) is 1. The molecular formula is C9H8F3NO2. The maximum absolute atomic E-state index is 12.2. The number of ketones is 1. The number of hydrogen-bond acceptors (Lipinski definition) is 2. The van der Waals surface area contributed by atoms with Crippen LogP contribution in [0.2, 0.25) is 0 Å². The van der Waals surface area contributed by atoms with Crippen molar-refractivity contribution in [2.24, 2.45) is 0 Å². The summed E-state index contributed by atoms with van der Waals surface area (Å²) in [5, 5.41) is 2.07. The Morgan fingerprint density at radius 1 is 1.47 bits per heavy atom. The Balaban J connectivity index is 2.94. The van der Waals surface area contributed by atoms with Crippen molar-refractivity contribution in [2.75, 3.05) is 0 Å². The Morgan fingerprint density at radius 2 is 2.07 bits per heavy atom. The van der Waals surface area contributed by atoms with Gasteiger partial charge in [0.05, 0.1) is 11.3 Å². The lowest BCUT2D eigenvalue weighted by molar-refractivity contribution is -0.121. The molecule has 0 spiro atoms. The summed E-state index contributed by atoms with van der Waals surface area (Å²) < 4.78 is 36.7. The topological polar surface area (TPSA) is 46.2 Å². The van der Waals surface area contributed by atoms with Crippen LogP contribution in [0.5, 0.6) is 0 Å². The Morgan fingerprint density at radius 3 is 2.53 bits per heavy atom. The zero-order valence-electron chi connectivity index (χ0n) is 7.81. The van der Waals surface area contributed by atoms with Crippen LogP contribution < -0.4 is 5.32 Å². The lowest BCUT2D eigenvalue weighted by Gasteiger charge is -2.15. The highest BCUT2D eigenvalue weighted by molar-refractivity contribution is 6.00. The summed E-state index contributed by atoms with van der Waals surface area (Å²) in [6, 6.07) is 0. The lowest BCUT2D eigenvalue weighted by atomic mass is 10.0. The highest BCUT2D eigenvalue weighted by Gasteiger charge is 2.34. The van der Waals surface area contributed by atoms with Crippen molar-refractivity contribution >= 4 is 11.7 Å². The van der Waals surface area contributed by atoms with Crippen molar-refractivity contribution in [3.8, 4) is 0 Å². The van der Waals surface area contributed by atoms with Gasteiger partial charge < -0.3 is 5.32 Å². The molecule has 82 valence electrons. The number of carbonyl (C=O) groups is 2. The van der Waals surface area contributed by atoms with Crippen molar-refractivity contribution in [3.05, 3.63) is 23.4 Å². The van der Waals surface area contributed by atoms with Crippen LogP contribution in [0.1, 0.15) is 13.3 Å². The minimum absolute atomic E-state index is 0.308. The molecule has 0 saturated heterocycles. The molecule has 1 N–H and O–H groups in total. The van der Waals surface area contributed by atoms with Crippen LogP contribution in [0.3, 0.4) is 0 Å². The molecule has 0 atom stereocenters. The second-order valence-electron chi connectivity index (χ2n) is 3.02. The first-order valence-corrected chi connectivity index (χ1v) is 4.10. The molecule has 1 aliphatic rings. The number of carbonyl (C=O) groups excluding carboxylic acids is 2. The molecule has 6 heteroatoms. The van der Waals surface area contributed by atoms with Crippen LogP contribution in [0.4, 0.5) is 13.2 Å². The fraction of sp³-hybridized carbons (Fsp3) is 0.333. The molecule has 0 fully saturated rings. The van der Waals surface area contributed by atoms with Gasteiger partial charge in [0.25, 0.3) is 0 Å². The molecule has 0 heterocycles. The minimum Gasteiger partial charge on any atom is -0.323 e. The first-order valence-electron chi connectivity index (χ1n) is 4.10. The number of hydrogen-bond donors (Lipinski definition) is 1. The van der Waals surface area contributed by atoms with Crippen LogP contribution >= 0.6 is 0 Å². The van der Waals surface area contributed by atoms with E-state index in [1.54, 1.807) is 0 Å². The van der Waals surface area contributed by atoms with Gasteiger partial charge in [0, 0.05) is 13.3 Å². The van der Waals surface area contributed by atoms with Gasteiger partial charge in [-0.1, -0.05) is 6.08 Å². The van der Waals surface area contributed by atoms with Crippen LogP contribution in [-0.2, 0) is 9.59 Å². The zero-order valence-corrected chi connectivity index (χ0v) is 7.81. The molecule has 1 aliphatic carbocycles. The molecule has 0 aromatic rings. The van der Waals surface area contributed by atoms with E-state index >= 15 is 0 Å². The van der Waals surface area contributed by atoms with Gasteiger partial charge in [-0.3, -0.25) is 9.59 Å². The van der Waals surface area contributed by atoms with E-state index in [2.05, 4.69) is 5.32 Å². The standard InChI is InChI=1S/C9H8F3NO2/c1-5(14)13-7-4-6(9(10,11)12)2-3-8(7)15/h2,4H,3H2,1H3,(H,13,14). The molecule has 15 heavy (non-hydrogen) atoms. The Bertz CT molecular complexity index is 366. The summed E-state index contributed by atoms with van der Waals surface area (Å²) in [5.41, 5.74) is -1.22. The third-order valence-corrected chi connectivity index (χ3v) is 1.75. The number of halogens is 3. The van der Waals surface area contributed by atoms with Gasteiger partial charge in [-0.15, -0.1) is 0 Å². The van der Waals surface area contributed by atoms with Gasteiger partial charge in [-0.25, -0.2) is 0 Å². The van der Waals surface area contributed by atoms with E-state index in [0.29, 0.717) is 6.08 Å². The van der Waals surface area contributed by atoms with Gasteiger partial charge in [-0.05, 0) is 6.08 Å². The van der Waals surface area contributed by atoms with Crippen LogP contribution in [0.25, 0.3) is 0 Å². The summed E-state index contributed by atoms with van der Waals surface area (Å²) in [7, 11) is 0. The summed E-state index contributed by atoms with van der Waals surface area (Å²) in [5.74, 6) is -1.10. The largest absolute Gasteiger partial charge is 0.416 e. The number of rotatable bonds is 1. The first kappa shape index (κ1) is 11.5. The number of nitrogens with one attached hydrogen (secondary N) is 1. The monoisotopic (exact) mass is 219 g/mol. The van der Waals surface area contributed by atoms with Crippen molar-refractivity contribution in [1.29, 1.82) is 0 Å². The number of amides is 1. The Kier molecular flexibility index (Phi) is 2.97. The van der Waals surface area contributed by atoms with E-state index in [9.17, 15) is 22.8 Å². The number of alkyl halides is 3. The highest BCUT2D eigenvalue weighted by atomic mass is 19.4. The summed E-state index contributed by atoms with van der Waals surface area (Å²) in [6.45, 7) is 1.12. The van der Waals surface area contributed by atoms with Crippen LogP contribution in [-0.4, -0.2) is 17.9 Å². The van der Waals surface area contributed by atoms with Gasteiger partial charge in [-0.2, -0.15) is 13.2 Å². The minimum atomic E-state index is -4.50. The van der Waals surface area contributed by atoms with Gasteiger partial charge in [0.1, 0.15) is 0 Å². The molecule has 0 aromatic heterocycles. The normalized spacial score (nSPS) is 16.9. The van der Waals surface area contributed by atoms with Crippen molar-refractivity contribution in [3.63, 3.8) is 0 Å². The average molecular weight is 219 g/mol. The van der Waals surface area contributed by atoms with E-state index in [1.807, 2.05) is 0 Å². The SMILES string of the molecule is CC(=O)NC1=CC(C(F)(F)F)=CCC1=O. The number of allylic oxidation sites excluding steroid dienone is 4. The fourth-order valence-electron chi connectivity index (χ4n) is 1.10. The molecule has 3 nitrogen and oxygen atoms in total. The molecule has 0 saturated carbocycles. The third-order valence-electron chi connectivity index (χ3n) is 1.75. The molecule has 0 aliphatic heterocycles. The van der Waals surface area contributed by atoms with Crippen molar-refractivity contribution in [1.82, 2.24) is 5.32 Å². The second-order valence-corrected chi connectivity index (χ2v) is 3.02. The molecule has 0 unspecified atom stereocenters. The molecule has 0 radical (unpaired) electrons. The van der Waals surface area contributed by atoms with Gasteiger partial charge in [0.2, 0.25) is 5.91 Å². The predicted octanol–water partition coefficient (Wildman–Crippen LogP) is 1.47. The third kappa shape index (κ3) is 2.93. The highest BCUT2D eigenvalue weighted by Crippen LogP contribution is 2.29. The van der Waals surface area contributed by atoms with Crippen LogP contribution in [0, 0.1) is 0 Å². The van der Waals surface area contributed by atoms with Gasteiger partial charge >= 0.3 is 6.18 Å². The maximum atomic E-state index is 12.2. The van der Waals surface area contributed by atoms with E-state index in [0.717, 1.165) is 13.0 Å². The smallest absolute Gasteiger partial charge is 0.323 e. The summed E-state index contributed by atoms with van der Waals surface area (Å²) >= 11 is 0. The van der Waals surface area contributed by atoms with Crippen molar-refractivity contribution in [2.45, 2.75) is 19.5 Å². The fourth-order valence-corrected chi connectivity index (χ4v) is 1.10. The van der Waals surface area contributed by atoms with E-state index in [-0.39, 0.29) is 12.1 Å². The van der Waals surface area contributed by atoms with Crippen LogP contribution in [0.15, 0.2) is 23.4 Å². The van der Waals surface area contributed by atoms with E-state index in [4.69, 9.17) is 0 Å². The van der Waals surface area contributed by atoms with E-state index in [1.165, 1.54) is 0 Å². The molecule has 0 bridgehead atoms. The quantitative estimate of drug-likeness (QED) is 0.725. The molecule has 1 amide bonds. The van der Waals surface area contributed by atoms with Crippen molar-refractivity contribution < 1.29 is 22.8 Å². The summed E-state index contributed by atoms with van der Waals surface area (Å²) in [4.78, 5) is 21.7. The second kappa shape index (κ2) is 3.88. The maximum Gasteiger partial charge on any atom is 0.416 e. The first-order chi connectivity index (χ1) is 6.80. The Labute approximate surface area is 83.6 Å². The van der Waals surface area contributed by atoms with E-state index < -0.39 is 23.4 Å². The average Bonchev–Trinajstić information content (AvgIpc) is 2.06. The molecule has 0 aromatic carbocycles. The summed E-state index contributed by atoms with van der Waals surface area (Å²) in [6.07, 6.45) is -3.40. The van der Waals surface area contributed by atoms with Gasteiger partial charge in [0.15, 0.2) is 5.78 Å². The predicted molar refractivity (Wildman–Crippen MR) is 45.7 cm³/mol. The Hall–Kier alpha value is -1.59. The zero-order chi connectivity index (χ0) is 11.6. The lowest BCUT2D eigenvalue weighted by Crippen LogP contribution is -2.28. The molecule has 1 rings (SSSR count). The molecular weight excluding hydrogens is 211 g/mol.